The van der Waals surface area contributed by atoms with E-state index < -0.39 is 219 Å². The molecule has 0 aliphatic rings. The summed E-state index contributed by atoms with van der Waals surface area (Å²) >= 11 is 1.34. The number of thioether (sulfide) groups is 1. The van der Waals surface area contributed by atoms with Gasteiger partial charge in [0, 0.05) is 54.8 Å². The van der Waals surface area contributed by atoms with Crippen LogP contribution in [0.3, 0.4) is 0 Å². The number of aromatic nitrogens is 3. The number of amides is 14. The molecule has 43 heteroatoms. The Morgan fingerprint density at radius 2 is 1.07 bits per heavy atom. The van der Waals surface area contributed by atoms with E-state index in [9.17, 15) is 97.1 Å². The Balaban J connectivity index is 1.84. The van der Waals surface area contributed by atoms with Gasteiger partial charge in [-0.25, -0.2) is 9.78 Å². The number of aromatic amines is 2. The van der Waals surface area contributed by atoms with E-state index in [1.165, 1.54) is 31.2 Å². The van der Waals surface area contributed by atoms with E-state index in [-0.39, 0.29) is 82.8 Å². The largest absolute Gasteiger partial charge is 0.481 e. The number of nitrogens with two attached hydrogens (primary N) is 5. The van der Waals surface area contributed by atoms with Crippen LogP contribution in [0.2, 0.25) is 0 Å². The number of carbonyl (C=O) groups excluding carboxylic acids is 14. The van der Waals surface area contributed by atoms with Gasteiger partial charge in [0.25, 0.3) is 0 Å². The van der Waals surface area contributed by atoms with E-state index in [0.717, 1.165) is 0 Å². The number of carbonyl (C=O) groups is 16. The number of para-hydroxylation sites is 1. The molecule has 616 valence electrons. The predicted octanol–water partition coefficient (Wildman–Crippen LogP) is -7.57. The minimum Gasteiger partial charge on any atom is -0.481 e. The highest BCUT2D eigenvalue weighted by atomic mass is 32.2. The number of hydrogen-bond donors (Lipinski definition) is 24. The Morgan fingerprint density at radius 1 is 0.559 bits per heavy atom. The van der Waals surface area contributed by atoms with E-state index >= 15 is 0 Å². The average Bonchev–Trinajstić information content (AvgIpc) is 1.70. The highest BCUT2D eigenvalue weighted by molar-refractivity contribution is 7.98. The van der Waals surface area contributed by atoms with Crippen molar-refractivity contribution in [2.45, 2.75) is 191 Å². The third-order valence-corrected chi connectivity index (χ3v) is 17.8. The van der Waals surface area contributed by atoms with Crippen LogP contribution in [0.1, 0.15) is 117 Å². The number of guanidine groups is 1. The lowest BCUT2D eigenvalue weighted by Crippen LogP contribution is -2.61. The third kappa shape index (κ3) is 34.2. The number of carboxylic acids is 2. The van der Waals surface area contributed by atoms with Crippen molar-refractivity contribution < 1.29 is 97.1 Å². The molecule has 1 aromatic carbocycles. The maximum Gasteiger partial charge on any atom is 0.326 e. The molecule has 0 spiro atoms. The van der Waals surface area contributed by atoms with Crippen molar-refractivity contribution in [2.75, 3.05) is 51.4 Å². The molecule has 14 amide bonds. The van der Waals surface area contributed by atoms with Gasteiger partial charge in [0.15, 0.2) is 5.96 Å². The quantitative estimate of drug-likeness (QED) is 0.0142. The number of aliphatic carboxylic acids is 2. The Kier molecular flexibility index (Phi) is 41.7. The van der Waals surface area contributed by atoms with Crippen molar-refractivity contribution in [1.82, 2.24) is 84.1 Å². The van der Waals surface area contributed by atoms with E-state index in [2.05, 4.69) is 89.1 Å². The minimum atomic E-state index is -1.81. The first-order valence-electron chi connectivity index (χ1n) is 35.9. The van der Waals surface area contributed by atoms with Crippen molar-refractivity contribution >= 4 is 123 Å². The van der Waals surface area contributed by atoms with E-state index in [4.69, 9.17) is 28.7 Å². The molecule has 2 aromatic heterocycles. The summed E-state index contributed by atoms with van der Waals surface area (Å²) in [6, 6.07) is -11.3. The predicted molar refractivity (Wildman–Crippen MR) is 402 cm³/mol. The van der Waals surface area contributed by atoms with E-state index in [0.29, 0.717) is 34.3 Å². The van der Waals surface area contributed by atoms with Crippen LogP contribution in [0.5, 0.6) is 0 Å². The number of hydrogen-bond acceptors (Lipinski definition) is 23. The van der Waals surface area contributed by atoms with Gasteiger partial charge in [-0.2, -0.15) is 11.8 Å². The number of primary amides is 1. The molecule has 2 heterocycles. The summed E-state index contributed by atoms with van der Waals surface area (Å²) in [6.45, 7) is 4.43. The second-order valence-corrected chi connectivity index (χ2v) is 27.6. The number of aliphatic hydroxyl groups excluding tert-OH is 2. The molecule has 3 aromatic rings. The molecular weight excluding hydrogens is 1480 g/mol. The number of H-pyrrole nitrogens is 2. The lowest BCUT2D eigenvalue weighted by Gasteiger charge is -2.28. The molecular formula is C68H108N22O20S. The smallest absolute Gasteiger partial charge is 0.326 e. The monoisotopic (exact) mass is 1580 g/mol. The fourth-order valence-electron chi connectivity index (χ4n) is 10.9. The van der Waals surface area contributed by atoms with Crippen molar-refractivity contribution in [3.63, 3.8) is 0 Å². The molecule has 29 N–H and O–H groups in total. The number of aliphatic hydroxyl groups is 2. The first-order valence-corrected chi connectivity index (χ1v) is 37.3. The van der Waals surface area contributed by atoms with Gasteiger partial charge in [0.1, 0.15) is 66.5 Å². The van der Waals surface area contributed by atoms with Crippen LogP contribution in [0, 0.1) is 11.8 Å². The molecule has 42 nitrogen and oxygen atoms in total. The van der Waals surface area contributed by atoms with Crippen LogP contribution in [-0.4, -0.2) is 260 Å². The fraction of sp³-hybridized carbons (Fsp3) is 0.588. The summed E-state index contributed by atoms with van der Waals surface area (Å²) in [4.78, 5) is 228. The van der Waals surface area contributed by atoms with Crippen molar-refractivity contribution in [3.8, 4) is 0 Å². The fourth-order valence-corrected chi connectivity index (χ4v) is 11.3. The highest BCUT2D eigenvalue weighted by Gasteiger charge is 2.37. The van der Waals surface area contributed by atoms with Gasteiger partial charge >= 0.3 is 11.9 Å². The van der Waals surface area contributed by atoms with Crippen molar-refractivity contribution in [2.24, 2.45) is 45.5 Å². The number of nitrogens with zero attached hydrogens (tertiary/aromatic N) is 2. The second kappa shape index (κ2) is 49.2. The van der Waals surface area contributed by atoms with Crippen molar-refractivity contribution in [3.05, 3.63) is 54.2 Å². The normalized spacial score (nSPS) is 14.6. The van der Waals surface area contributed by atoms with Crippen LogP contribution in [0.15, 0.2) is 48.0 Å². The van der Waals surface area contributed by atoms with Crippen LogP contribution < -0.4 is 97.8 Å². The van der Waals surface area contributed by atoms with E-state index in [1.807, 2.05) is 0 Å². The standard InChI is InChI=1S/C68H108N22O20S/c1-7-35(4)55(66(108)84-44(17-18-54(96)97)58(100)77-29-52(94)81-45(67(109)110)19-22-111-6)90-53(95)30-78-59(101)48(25-38-28-74-33-79-38)85-56(98)36(5)80-60(102)42(15-10-11-20-69)82-65(107)50(32-92)89-62(104)46(23-34(2)3)86-63(105)47(24-37-27-76-41-14-9-8-13-39(37)41)87-61(103)43(16-12-21-75-68(72)73)83-64(106)49(31-91)88-57(99)40(70)26-51(71)93/h8-9,13-14,27-28,33-36,40,42-50,55,76,91-92H,7,10-12,15-26,29-32,69-70H2,1-6H3,(H2,71,93)(H,74,79)(H,77,100)(H,78,101)(H,80,102)(H,81,94)(H,82,107)(H,83,106)(H,84,108)(H,85,98)(H,86,105)(H,87,103)(H,88,99)(H,89,104)(H,90,95)(H,96,97)(H,109,110)(H4,72,73,75)/t35-,36-,40-,42-,43-,44-,45-,46-,47-,48-,49-,50-,55-/m0/s1. The Morgan fingerprint density at radius 3 is 1.63 bits per heavy atom. The number of nitrogens with one attached hydrogen (secondary N) is 15. The van der Waals surface area contributed by atoms with Crippen LogP contribution in [0.25, 0.3) is 10.9 Å². The van der Waals surface area contributed by atoms with Crippen LogP contribution in [-0.2, 0) is 89.6 Å². The number of fused-ring (bicyclic) bond motifs is 1. The molecule has 0 aliphatic carbocycles. The average molecular weight is 1590 g/mol. The lowest BCUT2D eigenvalue weighted by molar-refractivity contribution is -0.142. The maximum absolute atomic E-state index is 14.8. The van der Waals surface area contributed by atoms with Gasteiger partial charge in [-0.15, -0.1) is 0 Å². The number of unbranched alkanes of at least 4 members (excludes halogenated alkanes) is 1. The van der Waals surface area contributed by atoms with Gasteiger partial charge in [0.05, 0.1) is 45.1 Å². The first-order chi connectivity index (χ1) is 52.6. The van der Waals surface area contributed by atoms with Gasteiger partial charge in [-0.3, -0.25) is 76.9 Å². The summed E-state index contributed by atoms with van der Waals surface area (Å²) in [5, 5.41) is 72.1. The molecule has 0 bridgehead atoms. The van der Waals surface area contributed by atoms with Gasteiger partial charge < -0.3 is 128 Å². The number of benzene rings is 1. The Labute approximate surface area is 643 Å². The molecule has 0 fully saturated rings. The number of rotatable bonds is 53. The molecule has 0 saturated heterocycles. The van der Waals surface area contributed by atoms with Gasteiger partial charge in [-0.05, 0) is 100 Å². The molecule has 13 atom stereocenters. The summed E-state index contributed by atoms with van der Waals surface area (Å²) in [6.07, 6.45) is 4.29. The molecule has 0 aliphatic heterocycles. The van der Waals surface area contributed by atoms with Crippen LogP contribution in [0.4, 0.5) is 0 Å². The minimum absolute atomic E-state index is 0.0445. The van der Waals surface area contributed by atoms with Gasteiger partial charge in [-0.1, -0.05) is 52.3 Å². The maximum atomic E-state index is 14.8. The summed E-state index contributed by atoms with van der Waals surface area (Å²) in [7, 11) is 0. The van der Waals surface area contributed by atoms with Crippen LogP contribution >= 0.6 is 11.8 Å². The summed E-state index contributed by atoms with van der Waals surface area (Å²) in [5.41, 5.74) is 29.2. The summed E-state index contributed by atoms with van der Waals surface area (Å²) < 4.78 is 0. The topological polar surface area (TPSA) is 697 Å². The molecule has 0 unspecified atom stereocenters. The molecule has 111 heavy (non-hydrogen) atoms. The lowest BCUT2D eigenvalue weighted by atomic mass is 9.97. The Bertz CT molecular complexity index is 3670. The van der Waals surface area contributed by atoms with Crippen molar-refractivity contribution in [1.29, 1.82) is 0 Å². The first kappa shape index (κ1) is 94.2. The highest BCUT2D eigenvalue weighted by Crippen LogP contribution is 2.21. The third-order valence-electron chi connectivity index (χ3n) is 17.2. The zero-order valence-electron chi connectivity index (χ0n) is 62.8. The van der Waals surface area contributed by atoms with E-state index in [1.54, 1.807) is 64.4 Å². The zero-order valence-corrected chi connectivity index (χ0v) is 63.6. The Hall–Kier alpha value is -11.0. The summed E-state index contributed by atoms with van der Waals surface area (Å²) in [5.74, 6) is -17.3. The second-order valence-electron chi connectivity index (χ2n) is 26.6. The molecule has 3 rings (SSSR count). The number of imidazole rings is 1. The molecule has 0 saturated carbocycles. The zero-order chi connectivity index (χ0) is 83.0. The number of aliphatic imine (C=N–C) groups is 1. The SMILES string of the molecule is CC[C@H](C)[C@H](NC(=O)CNC(=O)[C@H](Cc1cnc[nH]1)NC(=O)[C@H](C)NC(=O)[C@H](CCCCN)NC(=O)[C@H](CO)NC(=O)[C@H](CC(C)C)NC(=O)[C@H](Cc1c[nH]c2ccccc12)NC(=O)[C@H](CCCN=C(N)N)NC(=O)[C@H](CO)NC(=O)[C@@H](N)CC(N)=O)C(=O)N[C@@H](CCC(=O)O)C(=O)NCC(=O)N[C@@H](CCSC)C(=O)O. The molecule has 0 radical (unpaired) electrons. The van der Waals surface area contributed by atoms with Gasteiger partial charge in [0.2, 0.25) is 82.7 Å². The number of carboxylic acid groups (broad SMARTS) is 2.